The van der Waals surface area contributed by atoms with E-state index in [0.717, 1.165) is 40.8 Å². The van der Waals surface area contributed by atoms with Gasteiger partial charge >= 0.3 is 0 Å². The van der Waals surface area contributed by atoms with Gasteiger partial charge in [0.25, 0.3) is 0 Å². The first-order valence-corrected chi connectivity index (χ1v) is 7.13. The van der Waals surface area contributed by atoms with Crippen LogP contribution in [0.15, 0.2) is 30.6 Å². The average Bonchev–Trinajstić information content (AvgIpc) is 2.46. The molecule has 0 atom stereocenters. The van der Waals surface area contributed by atoms with Gasteiger partial charge in [0.05, 0.1) is 0 Å². The molecule has 0 fully saturated rings. The number of hydrogen-bond acceptors (Lipinski definition) is 4. The van der Waals surface area contributed by atoms with Crippen molar-refractivity contribution in [3.63, 3.8) is 0 Å². The van der Waals surface area contributed by atoms with E-state index >= 15 is 0 Å². The fourth-order valence-corrected chi connectivity index (χ4v) is 2.07. The summed E-state index contributed by atoms with van der Waals surface area (Å²) in [5.41, 5.74) is 2.07. The Bertz CT molecular complexity index is 572. The van der Waals surface area contributed by atoms with Crippen LogP contribution >= 0.6 is 11.6 Å². The van der Waals surface area contributed by atoms with Crippen molar-refractivity contribution in [2.24, 2.45) is 0 Å². The zero-order valence-corrected chi connectivity index (χ0v) is 12.5. The first-order chi connectivity index (χ1) is 9.72. The second kappa shape index (κ2) is 7.10. The van der Waals surface area contributed by atoms with E-state index in [4.69, 9.17) is 11.6 Å². The quantitative estimate of drug-likeness (QED) is 0.848. The molecule has 2 rings (SSSR count). The number of hydrogen-bond donors (Lipinski definition) is 2. The largest absolute Gasteiger partial charge is 0.370 e. The molecule has 20 heavy (non-hydrogen) atoms. The van der Waals surface area contributed by atoms with Crippen molar-refractivity contribution in [2.45, 2.75) is 26.8 Å². The van der Waals surface area contributed by atoms with Crippen molar-refractivity contribution >= 4 is 23.2 Å². The van der Waals surface area contributed by atoms with Crippen molar-refractivity contribution in [1.82, 2.24) is 9.97 Å². The molecule has 1 aromatic heterocycles. The number of anilines is 2. The number of nitrogens with one attached hydrogen (secondary N) is 2. The monoisotopic (exact) mass is 290 g/mol. The van der Waals surface area contributed by atoms with E-state index < -0.39 is 0 Å². The number of benzene rings is 1. The molecule has 0 aliphatic rings. The number of nitrogens with zero attached hydrogens (tertiary/aromatic N) is 2. The van der Waals surface area contributed by atoms with Gasteiger partial charge in [-0.2, -0.15) is 0 Å². The van der Waals surface area contributed by atoms with E-state index in [0.29, 0.717) is 6.54 Å². The van der Waals surface area contributed by atoms with Crippen LogP contribution in [0.4, 0.5) is 11.6 Å². The summed E-state index contributed by atoms with van der Waals surface area (Å²) >= 11 is 6.14. The summed E-state index contributed by atoms with van der Waals surface area (Å²) in [4.78, 5) is 8.55. The second-order valence-electron chi connectivity index (χ2n) is 4.57. The third-order valence-corrected chi connectivity index (χ3v) is 3.40. The van der Waals surface area contributed by atoms with Gasteiger partial charge in [-0.25, -0.2) is 9.97 Å². The molecule has 0 spiro atoms. The molecule has 0 radical (unpaired) electrons. The SMILES string of the molecule is CCCNc1ncnc(NCc2ccccc2Cl)c1C. The maximum Gasteiger partial charge on any atom is 0.134 e. The summed E-state index contributed by atoms with van der Waals surface area (Å²) in [6.07, 6.45) is 2.63. The highest BCUT2D eigenvalue weighted by Crippen LogP contribution is 2.20. The minimum atomic E-state index is 0.644. The third kappa shape index (κ3) is 3.61. The molecule has 0 amide bonds. The van der Waals surface area contributed by atoms with E-state index in [2.05, 4.69) is 27.5 Å². The van der Waals surface area contributed by atoms with Gasteiger partial charge in [0.1, 0.15) is 18.0 Å². The Hall–Kier alpha value is -1.81. The van der Waals surface area contributed by atoms with Crippen LogP contribution in [0.25, 0.3) is 0 Å². The predicted octanol–water partition coefficient (Wildman–Crippen LogP) is 3.87. The molecule has 0 unspecified atom stereocenters. The topological polar surface area (TPSA) is 49.8 Å². The minimum Gasteiger partial charge on any atom is -0.370 e. The second-order valence-corrected chi connectivity index (χ2v) is 4.97. The minimum absolute atomic E-state index is 0.644. The first-order valence-electron chi connectivity index (χ1n) is 6.75. The highest BCUT2D eigenvalue weighted by molar-refractivity contribution is 6.31. The van der Waals surface area contributed by atoms with Gasteiger partial charge in [0.15, 0.2) is 0 Å². The molecule has 0 saturated heterocycles. The maximum atomic E-state index is 6.14. The maximum absolute atomic E-state index is 6.14. The zero-order chi connectivity index (χ0) is 14.4. The van der Waals surface area contributed by atoms with Gasteiger partial charge in [-0.3, -0.25) is 0 Å². The molecule has 0 aliphatic heterocycles. The molecule has 0 bridgehead atoms. The Labute approximate surface area is 124 Å². The third-order valence-electron chi connectivity index (χ3n) is 3.03. The van der Waals surface area contributed by atoms with Crippen molar-refractivity contribution in [2.75, 3.05) is 17.2 Å². The van der Waals surface area contributed by atoms with Crippen LogP contribution < -0.4 is 10.6 Å². The Morgan fingerprint density at radius 2 is 1.80 bits per heavy atom. The lowest BCUT2D eigenvalue weighted by Gasteiger charge is -2.13. The summed E-state index contributed by atoms with van der Waals surface area (Å²) in [5, 5.41) is 7.37. The Morgan fingerprint density at radius 1 is 1.10 bits per heavy atom. The fourth-order valence-electron chi connectivity index (χ4n) is 1.87. The Morgan fingerprint density at radius 3 is 2.50 bits per heavy atom. The van der Waals surface area contributed by atoms with Crippen LogP contribution in [0.5, 0.6) is 0 Å². The van der Waals surface area contributed by atoms with Crippen molar-refractivity contribution in [3.05, 3.63) is 46.7 Å². The van der Waals surface area contributed by atoms with Gasteiger partial charge in [0.2, 0.25) is 0 Å². The molecular formula is C15H19ClN4. The number of aromatic nitrogens is 2. The van der Waals surface area contributed by atoms with Gasteiger partial charge < -0.3 is 10.6 Å². The van der Waals surface area contributed by atoms with Crippen LogP contribution in [-0.4, -0.2) is 16.5 Å². The van der Waals surface area contributed by atoms with E-state index in [-0.39, 0.29) is 0 Å². The molecule has 2 N–H and O–H groups in total. The highest BCUT2D eigenvalue weighted by Gasteiger charge is 2.07. The van der Waals surface area contributed by atoms with Crippen LogP contribution in [-0.2, 0) is 6.54 Å². The number of halogens is 1. The molecule has 4 nitrogen and oxygen atoms in total. The van der Waals surface area contributed by atoms with E-state index in [9.17, 15) is 0 Å². The summed E-state index contributed by atoms with van der Waals surface area (Å²) < 4.78 is 0. The smallest absolute Gasteiger partial charge is 0.134 e. The van der Waals surface area contributed by atoms with Gasteiger partial charge in [0, 0.05) is 23.7 Å². The van der Waals surface area contributed by atoms with Crippen molar-refractivity contribution in [1.29, 1.82) is 0 Å². The lowest BCUT2D eigenvalue weighted by atomic mass is 10.2. The van der Waals surface area contributed by atoms with E-state index in [1.54, 1.807) is 6.33 Å². The van der Waals surface area contributed by atoms with E-state index in [1.807, 2.05) is 31.2 Å². The first kappa shape index (κ1) is 14.6. The molecule has 0 saturated carbocycles. The summed E-state index contributed by atoms with van der Waals surface area (Å²) in [6.45, 7) is 5.68. The molecule has 2 aromatic rings. The molecule has 1 aromatic carbocycles. The van der Waals surface area contributed by atoms with Gasteiger partial charge in [-0.15, -0.1) is 0 Å². The van der Waals surface area contributed by atoms with Crippen LogP contribution in [0.1, 0.15) is 24.5 Å². The van der Waals surface area contributed by atoms with Gasteiger partial charge in [-0.1, -0.05) is 36.7 Å². The molecule has 5 heteroatoms. The Kier molecular flexibility index (Phi) is 5.18. The lowest BCUT2D eigenvalue weighted by Crippen LogP contribution is -2.09. The summed E-state index contributed by atoms with van der Waals surface area (Å²) in [7, 11) is 0. The van der Waals surface area contributed by atoms with Crippen LogP contribution in [0.2, 0.25) is 5.02 Å². The van der Waals surface area contributed by atoms with Crippen molar-refractivity contribution < 1.29 is 0 Å². The van der Waals surface area contributed by atoms with Crippen LogP contribution in [0, 0.1) is 6.92 Å². The highest BCUT2D eigenvalue weighted by atomic mass is 35.5. The normalized spacial score (nSPS) is 10.3. The van der Waals surface area contributed by atoms with Crippen molar-refractivity contribution in [3.8, 4) is 0 Å². The van der Waals surface area contributed by atoms with Crippen LogP contribution in [0.3, 0.4) is 0 Å². The standard InChI is InChI=1S/C15H19ClN4/c1-3-8-17-14-11(2)15(20-10-19-14)18-9-12-6-4-5-7-13(12)16/h4-7,10H,3,8-9H2,1-2H3,(H2,17,18,19,20). The Balaban J connectivity index is 2.08. The molecule has 0 aliphatic carbocycles. The molecule has 106 valence electrons. The molecular weight excluding hydrogens is 272 g/mol. The summed E-state index contributed by atoms with van der Waals surface area (Å²) in [5.74, 6) is 1.71. The molecule has 1 heterocycles. The average molecular weight is 291 g/mol. The zero-order valence-electron chi connectivity index (χ0n) is 11.8. The fraction of sp³-hybridized carbons (Fsp3) is 0.333. The predicted molar refractivity (Wildman–Crippen MR) is 84.3 cm³/mol. The van der Waals surface area contributed by atoms with E-state index in [1.165, 1.54) is 0 Å². The summed E-state index contributed by atoms with van der Waals surface area (Å²) in [6, 6.07) is 7.79. The van der Waals surface area contributed by atoms with Gasteiger partial charge in [-0.05, 0) is 25.0 Å². The lowest BCUT2D eigenvalue weighted by molar-refractivity contribution is 0.957. The number of rotatable bonds is 6.